The molecule has 0 saturated heterocycles. The molecule has 1 heterocycles. The highest BCUT2D eigenvalue weighted by Gasteiger charge is 2.00. The molecule has 0 aromatic carbocycles. The minimum absolute atomic E-state index is 0.563. The number of rotatable bonds is 6. The van der Waals surface area contributed by atoms with E-state index in [0.717, 1.165) is 12.2 Å². The second-order valence-corrected chi connectivity index (χ2v) is 4.34. The SMILES string of the molecule is CCSCC(C)NCc1cnc[nH]1. The molecule has 3 nitrogen and oxygen atoms in total. The smallest absolute Gasteiger partial charge is 0.0922 e. The van der Waals surface area contributed by atoms with E-state index in [-0.39, 0.29) is 0 Å². The highest BCUT2D eigenvalue weighted by Crippen LogP contribution is 2.01. The van der Waals surface area contributed by atoms with E-state index in [1.54, 1.807) is 6.33 Å². The first-order valence-corrected chi connectivity index (χ1v) is 5.76. The highest BCUT2D eigenvalue weighted by atomic mass is 32.2. The number of nitrogens with one attached hydrogen (secondary N) is 2. The molecule has 0 saturated carbocycles. The zero-order valence-electron chi connectivity index (χ0n) is 8.21. The van der Waals surface area contributed by atoms with Crippen molar-refractivity contribution in [2.75, 3.05) is 11.5 Å². The number of aromatic amines is 1. The maximum absolute atomic E-state index is 3.96. The van der Waals surface area contributed by atoms with E-state index in [9.17, 15) is 0 Å². The number of hydrogen-bond donors (Lipinski definition) is 2. The fourth-order valence-corrected chi connectivity index (χ4v) is 1.73. The van der Waals surface area contributed by atoms with Gasteiger partial charge in [0.1, 0.15) is 0 Å². The number of thioether (sulfide) groups is 1. The van der Waals surface area contributed by atoms with Crippen LogP contribution >= 0.6 is 11.8 Å². The van der Waals surface area contributed by atoms with E-state index in [1.807, 2.05) is 18.0 Å². The average molecular weight is 199 g/mol. The van der Waals surface area contributed by atoms with Gasteiger partial charge in [-0.3, -0.25) is 0 Å². The molecule has 0 aliphatic carbocycles. The van der Waals surface area contributed by atoms with Gasteiger partial charge in [-0.2, -0.15) is 11.8 Å². The molecule has 1 rings (SSSR count). The van der Waals surface area contributed by atoms with Crippen LogP contribution in [0.1, 0.15) is 19.5 Å². The summed E-state index contributed by atoms with van der Waals surface area (Å²) in [6.45, 7) is 5.27. The Morgan fingerprint density at radius 1 is 1.69 bits per heavy atom. The first kappa shape index (κ1) is 10.6. The summed E-state index contributed by atoms with van der Waals surface area (Å²) in [6.07, 6.45) is 3.56. The van der Waals surface area contributed by atoms with Crippen molar-refractivity contribution in [2.24, 2.45) is 0 Å². The van der Waals surface area contributed by atoms with Crippen molar-refractivity contribution in [3.63, 3.8) is 0 Å². The van der Waals surface area contributed by atoms with Crippen molar-refractivity contribution in [1.29, 1.82) is 0 Å². The first-order valence-electron chi connectivity index (χ1n) is 4.61. The summed E-state index contributed by atoms with van der Waals surface area (Å²) in [5, 5.41) is 3.43. The van der Waals surface area contributed by atoms with Gasteiger partial charge >= 0.3 is 0 Å². The van der Waals surface area contributed by atoms with Crippen LogP contribution in [0.2, 0.25) is 0 Å². The Balaban J connectivity index is 2.11. The van der Waals surface area contributed by atoms with E-state index in [2.05, 4.69) is 29.1 Å². The molecule has 4 heteroatoms. The zero-order chi connectivity index (χ0) is 9.52. The van der Waals surface area contributed by atoms with Crippen LogP contribution in [0, 0.1) is 0 Å². The van der Waals surface area contributed by atoms with E-state index in [1.165, 1.54) is 11.5 Å². The summed E-state index contributed by atoms with van der Waals surface area (Å²) in [7, 11) is 0. The fourth-order valence-electron chi connectivity index (χ4n) is 1.02. The summed E-state index contributed by atoms with van der Waals surface area (Å²) in [4.78, 5) is 7.03. The third-order valence-electron chi connectivity index (χ3n) is 1.77. The number of H-pyrrole nitrogens is 1. The predicted octanol–water partition coefficient (Wildman–Crippen LogP) is 1.64. The molecule has 0 amide bonds. The molecule has 13 heavy (non-hydrogen) atoms. The number of imidazole rings is 1. The van der Waals surface area contributed by atoms with Crippen LogP contribution in [0.4, 0.5) is 0 Å². The van der Waals surface area contributed by atoms with Gasteiger partial charge in [-0.05, 0) is 12.7 Å². The molecule has 1 unspecified atom stereocenters. The molecule has 0 bridgehead atoms. The molecule has 0 fully saturated rings. The lowest BCUT2D eigenvalue weighted by molar-refractivity contribution is 0.589. The van der Waals surface area contributed by atoms with Crippen molar-refractivity contribution in [1.82, 2.24) is 15.3 Å². The Kier molecular flexibility index (Phi) is 4.93. The molecule has 1 aromatic rings. The monoisotopic (exact) mass is 199 g/mol. The summed E-state index contributed by atoms with van der Waals surface area (Å²) in [5.74, 6) is 2.36. The van der Waals surface area contributed by atoms with Gasteiger partial charge in [-0.25, -0.2) is 4.98 Å². The van der Waals surface area contributed by atoms with Gasteiger partial charge < -0.3 is 10.3 Å². The quantitative estimate of drug-likeness (QED) is 0.732. The largest absolute Gasteiger partial charge is 0.347 e. The van der Waals surface area contributed by atoms with Crippen LogP contribution in [0.15, 0.2) is 12.5 Å². The van der Waals surface area contributed by atoms with Crippen LogP contribution in [0.3, 0.4) is 0 Å². The van der Waals surface area contributed by atoms with Gasteiger partial charge in [0.25, 0.3) is 0 Å². The number of nitrogens with zero attached hydrogens (tertiary/aromatic N) is 1. The summed E-state index contributed by atoms with van der Waals surface area (Å²) in [6, 6.07) is 0.563. The Hall–Kier alpha value is -0.480. The van der Waals surface area contributed by atoms with E-state index >= 15 is 0 Å². The second-order valence-electron chi connectivity index (χ2n) is 3.02. The van der Waals surface area contributed by atoms with E-state index < -0.39 is 0 Å². The Labute approximate surface area is 83.7 Å². The van der Waals surface area contributed by atoms with E-state index in [0.29, 0.717) is 6.04 Å². The Morgan fingerprint density at radius 3 is 3.15 bits per heavy atom. The van der Waals surface area contributed by atoms with Gasteiger partial charge in [-0.15, -0.1) is 0 Å². The standard InChI is InChI=1S/C9H17N3S/c1-3-13-6-8(2)11-5-9-4-10-7-12-9/h4,7-8,11H,3,5-6H2,1-2H3,(H,10,12). The molecule has 1 aromatic heterocycles. The Morgan fingerprint density at radius 2 is 2.54 bits per heavy atom. The van der Waals surface area contributed by atoms with E-state index in [4.69, 9.17) is 0 Å². The van der Waals surface area contributed by atoms with Crippen LogP contribution in [-0.2, 0) is 6.54 Å². The van der Waals surface area contributed by atoms with Crippen LogP contribution in [0.5, 0.6) is 0 Å². The maximum Gasteiger partial charge on any atom is 0.0922 e. The van der Waals surface area contributed by atoms with Crippen LogP contribution in [0.25, 0.3) is 0 Å². The van der Waals surface area contributed by atoms with Gasteiger partial charge in [-0.1, -0.05) is 6.92 Å². The van der Waals surface area contributed by atoms with Crippen molar-refractivity contribution in [2.45, 2.75) is 26.4 Å². The first-order chi connectivity index (χ1) is 6.33. The van der Waals surface area contributed by atoms with Crippen molar-refractivity contribution >= 4 is 11.8 Å². The summed E-state index contributed by atoms with van der Waals surface area (Å²) < 4.78 is 0. The Bertz CT molecular complexity index is 211. The van der Waals surface area contributed by atoms with Gasteiger partial charge in [0.05, 0.1) is 6.33 Å². The van der Waals surface area contributed by atoms with Crippen LogP contribution in [-0.4, -0.2) is 27.5 Å². The summed E-state index contributed by atoms with van der Waals surface area (Å²) in [5.41, 5.74) is 1.15. The van der Waals surface area contributed by atoms with Crippen molar-refractivity contribution < 1.29 is 0 Å². The number of aromatic nitrogens is 2. The summed E-state index contributed by atoms with van der Waals surface area (Å²) >= 11 is 1.97. The highest BCUT2D eigenvalue weighted by molar-refractivity contribution is 7.99. The molecule has 0 spiro atoms. The molecular formula is C9H17N3S. The third-order valence-corrected chi connectivity index (χ3v) is 2.91. The molecular weight excluding hydrogens is 182 g/mol. The lowest BCUT2D eigenvalue weighted by atomic mass is 10.3. The van der Waals surface area contributed by atoms with Crippen LogP contribution < -0.4 is 5.32 Å². The van der Waals surface area contributed by atoms with Gasteiger partial charge in [0.15, 0.2) is 0 Å². The minimum atomic E-state index is 0.563. The fraction of sp³-hybridized carbons (Fsp3) is 0.667. The molecule has 0 radical (unpaired) electrons. The lowest BCUT2D eigenvalue weighted by Gasteiger charge is -2.11. The van der Waals surface area contributed by atoms with Gasteiger partial charge in [0.2, 0.25) is 0 Å². The molecule has 2 N–H and O–H groups in total. The maximum atomic E-state index is 3.96. The molecule has 0 aliphatic heterocycles. The van der Waals surface area contributed by atoms with Crippen molar-refractivity contribution in [3.8, 4) is 0 Å². The molecule has 1 atom stereocenters. The molecule has 74 valence electrons. The normalized spacial score (nSPS) is 13.1. The average Bonchev–Trinajstić information content (AvgIpc) is 2.64. The molecule has 0 aliphatic rings. The second kappa shape index (κ2) is 6.05. The number of hydrogen-bond acceptors (Lipinski definition) is 3. The third kappa shape index (κ3) is 4.33. The zero-order valence-corrected chi connectivity index (χ0v) is 9.03. The topological polar surface area (TPSA) is 40.7 Å². The predicted molar refractivity (Wildman–Crippen MR) is 57.9 cm³/mol. The van der Waals surface area contributed by atoms with Gasteiger partial charge in [0, 0.05) is 30.2 Å². The van der Waals surface area contributed by atoms with Crippen molar-refractivity contribution in [3.05, 3.63) is 18.2 Å². The lowest BCUT2D eigenvalue weighted by Crippen LogP contribution is -2.27. The minimum Gasteiger partial charge on any atom is -0.347 e.